The van der Waals surface area contributed by atoms with Crippen molar-refractivity contribution in [2.24, 2.45) is 0 Å². The fourth-order valence-corrected chi connectivity index (χ4v) is 5.14. The molecule has 2 aliphatic rings. The molecule has 1 aromatic carbocycles. The van der Waals surface area contributed by atoms with Gasteiger partial charge in [-0.2, -0.15) is 0 Å². The minimum atomic E-state index is -3.09. The number of hydrogen-bond acceptors (Lipinski definition) is 5. The van der Waals surface area contributed by atoms with E-state index in [9.17, 15) is 18.0 Å². The third-order valence-corrected chi connectivity index (χ3v) is 6.91. The first-order valence-corrected chi connectivity index (χ1v) is 10.7. The number of fused-ring (bicyclic) bond motifs is 2. The van der Waals surface area contributed by atoms with E-state index in [-0.39, 0.29) is 35.7 Å². The summed E-state index contributed by atoms with van der Waals surface area (Å²) in [6, 6.07) is 6.63. The molecule has 2 aliphatic heterocycles. The molecule has 0 spiro atoms. The van der Waals surface area contributed by atoms with Crippen molar-refractivity contribution in [3.8, 4) is 5.75 Å². The summed E-state index contributed by atoms with van der Waals surface area (Å²) in [6.45, 7) is -0.0907. The van der Waals surface area contributed by atoms with Crippen LogP contribution in [0.15, 0.2) is 24.3 Å². The maximum Gasteiger partial charge on any atom is 0.251 e. The van der Waals surface area contributed by atoms with Gasteiger partial charge in [0.25, 0.3) is 5.91 Å². The van der Waals surface area contributed by atoms with Crippen LogP contribution in [0.4, 0.5) is 0 Å². The molecule has 2 bridgehead atoms. The second-order valence-corrected chi connectivity index (χ2v) is 9.35. The van der Waals surface area contributed by atoms with E-state index in [1.54, 1.807) is 29.2 Å². The lowest BCUT2D eigenvalue weighted by atomic mass is 10.0. The van der Waals surface area contributed by atoms with Crippen LogP contribution >= 0.6 is 0 Å². The van der Waals surface area contributed by atoms with Gasteiger partial charge in [0.05, 0.1) is 18.9 Å². The number of hydrogen-bond donors (Lipinski definition) is 1. The van der Waals surface area contributed by atoms with Crippen LogP contribution in [-0.4, -0.2) is 62.4 Å². The highest BCUT2D eigenvalue weighted by atomic mass is 32.2. The van der Waals surface area contributed by atoms with E-state index in [2.05, 4.69) is 5.32 Å². The average molecular weight is 380 g/mol. The zero-order chi connectivity index (χ0) is 18.9. The van der Waals surface area contributed by atoms with Crippen LogP contribution in [0, 0.1) is 0 Å². The lowest BCUT2D eigenvalue weighted by Gasteiger charge is -2.38. The van der Waals surface area contributed by atoms with Gasteiger partial charge in [0, 0.05) is 23.9 Å². The Bertz CT molecular complexity index is 794. The first kappa shape index (κ1) is 18.7. The Morgan fingerprint density at radius 1 is 1.23 bits per heavy atom. The van der Waals surface area contributed by atoms with Crippen molar-refractivity contribution in [3.63, 3.8) is 0 Å². The van der Waals surface area contributed by atoms with E-state index in [0.29, 0.717) is 24.2 Å². The summed E-state index contributed by atoms with van der Waals surface area (Å²) in [5, 5.41) is 2.29. The third-order valence-electron chi connectivity index (χ3n) is 5.32. The van der Waals surface area contributed by atoms with Crippen LogP contribution < -0.4 is 10.1 Å². The topological polar surface area (TPSA) is 92.8 Å². The summed E-state index contributed by atoms with van der Waals surface area (Å²) < 4.78 is 28.8. The molecule has 0 saturated carbocycles. The zero-order valence-corrected chi connectivity index (χ0v) is 15.8. The molecule has 2 amide bonds. The Morgan fingerprint density at radius 2 is 1.88 bits per heavy atom. The summed E-state index contributed by atoms with van der Waals surface area (Å²) in [5.41, 5.74) is 0.427. The van der Waals surface area contributed by atoms with Gasteiger partial charge < -0.3 is 15.0 Å². The highest BCUT2D eigenvalue weighted by Crippen LogP contribution is 2.38. The molecule has 2 atom stereocenters. The number of ether oxygens (including phenoxy) is 1. The first-order valence-electron chi connectivity index (χ1n) is 8.72. The van der Waals surface area contributed by atoms with Crippen LogP contribution in [0.2, 0.25) is 0 Å². The van der Waals surface area contributed by atoms with Gasteiger partial charge in [-0.05, 0) is 43.9 Å². The Kier molecular flexibility index (Phi) is 5.22. The van der Waals surface area contributed by atoms with E-state index in [1.807, 2.05) is 0 Å². The van der Waals surface area contributed by atoms with E-state index in [4.69, 9.17) is 4.74 Å². The summed E-state index contributed by atoms with van der Waals surface area (Å²) in [5.74, 6) is 0.0844. The monoisotopic (exact) mass is 380 g/mol. The van der Waals surface area contributed by atoms with Crippen molar-refractivity contribution in [2.75, 3.05) is 19.9 Å². The van der Waals surface area contributed by atoms with Gasteiger partial charge in [-0.15, -0.1) is 0 Å². The molecule has 2 fully saturated rings. The highest BCUT2D eigenvalue weighted by Gasteiger charge is 2.45. The summed E-state index contributed by atoms with van der Waals surface area (Å²) in [6.07, 6.45) is 3.90. The van der Waals surface area contributed by atoms with Gasteiger partial charge in [-0.3, -0.25) is 9.59 Å². The standard InChI is InChI=1S/C18H24N2O5S/c1-25-15-5-3-4-12(8-15)18(22)19-11-17(21)20-13-6-7-14(20)10-16(9-13)26(2,23)24/h3-5,8,13-14,16H,6-7,9-11H2,1-2H3,(H,19,22). The van der Waals surface area contributed by atoms with E-state index in [0.717, 1.165) is 12.8 Å². The maximum atomic E-state index is 12.6. The Morgan fingerprint density at radius 3 is 2.46 bits per heavy atom. The van der Waals surface area contributed by atoms with Crippen molar-refractivity contribution in [3.05, 3.63) is 29.8 Å². The van der Waals surface area contributed by atoms with Gasteiger partial charge >= 0.3 is 0 Å². The van der Waals surface area contributed by atoms with Gasteiger partial charge in [0.2, 0.25) is 5.91 Å². The quantitative estimate of drug-likeness (QED) is 0.822. The summed E-state index contributed by atoms with van der Waals surface area (Å²) in [7, 11) is -1.56. The third kappa shape index (κ3) is 3.85. The average Bonchev–Trinajstić information content (AvgIpc) is 2.87. The predicted molar refractivity (Wildman–Crippen MR) is 96.8 cm³/mol. The molecular formula is C18H24N2O5S. The molecule has 0 aromatic heterocycles. The molecule has 1 aromatic rings. The zero-order valence-electron chi connectivity index (χ0n) is 15.0. The molecule has 3 rings (SSSR count). The Labute approximate surface area is 153 Å². The molecule has 2 unspecified atom stereocenters. The number of piperidine rings is 1. The van der Waals surface area contributed by atoms with Crippen LogP contribution in [0.3, 0.4) is 0 Å². The van der Waals surface area contributed by atoms with Crippen molar-refractivity contribution in [1.29, 1.82) is 0 Å². The fourth-order valence-electron chi connectivity index (χ4n) is 4.00. The molecule has 2 heterocycles. The van der Waals surface area contributed by atoms with Crippen LogP contribution in [0.5, 0.6) is 5.75 Å². The first-order chi connectivity index (χ1) is 12.3. The normalized spacial score (nSPS) is 25.0. The number of nitrogens with one attached hydrogen (secondary N) is 1. The Balaban J connectivity index is 1.60. The van der Waals surface area contributed by atoms with E-state index < -0.39 is 9.84 Å². The smallest absolute Gasteiger partial charge is 0.251 e. The van der Waals surface area contributed by atoms with Gasteiger partial charge in [0.15, 0.2) is 0 Å². The van der Waals surface area contributed by atoms with Gasteiger partial charge in [-0.1, -0.05) is 6.07 Å². The van der Waals surface area contributed by atoms with Crippen molar-refractivity contribution in [2.45, 2.75) is 43.0 Å². The van der Waals surface area contributed by atoms with Gasteiger partial charge in [-0.25, -0.2) is 8.42 Å². The molecule has 142 valence electrons. The number of carbonyl (C=O) groups excluding carboxylic acids is 2. The van der Waals surface area contributed by atoms with E-state index >= 15 is 0 Å². The van der Waals surface area contributed by atoms with Crippen LogP contribution in [0.25, 0.3) is 0 Å². The number of amides is 2. The number of nitrogens with zero attached hydrogens (tertiary/aromatic N) is 1. The molecule has 1 N–H and O–H groups in total. The highest BCUT2D eigenvalue weighted by molar-refractivity contribution is 7.91. The molecule has 7 nitrogen and oxygen atoms in total. The number of methoxy groups -OCH3 is 1. The fraction of sp³-hybridized carbons (Fsp3) is 0.556. The lowest BCUT2D eigenvalue weighted by molar-refractivity contribution is -0.134. The maximum absolute atomic E-state index is 12.6. The minimum Gasteiger partial charge on any atom is -0.497 e. The molecule has 0 aliphatic carbocycles. The predicted octanol–water partition coefficient (Wildman–Crippen LogP) is 0.992. The van der Waals surface area contributed by atoms with Gasteiger partial charge in [0.1, 0.15) is 15.6 Å². The molecule has 2 saturated heterocycles. The van der Waals surface area contributed by atoms with Crippen molar-refractivity contribution >= 4 is 21.7 Å². The lowest BCUT2D eigenvalue weighted by Crippen LogP contribution is -2.52. The summed E-state index contributed by atoms with van der Waals surface area (Å²) in [4.78, 5) is 26.6. The largest absolute Gasteiger partial charge is 0.497 e. The molecule has 0 radical (unpaired) electrons. The van der Waals surface area contributed by atoms with Crippen molar-refractivity contribution in [1.82, 2.24) is 10.2 Å². The number of carbonyl (C=O) groups is 2. The second kappa shape index (κ2) is 7.26. The SMILES string of the molecule is COc1cccc(C(=O)NCC(=O)N2C3CCC2CC(S(C)(=O)=O)C3)c1. The van der Waals surface area contributed by atoms with Crippen LogP contribution in [-0.2, 0) is 14.6 Å². The van der Waals surface area contributed by atoms with Crippen LogP contribution in [0.1, 0.15) is 36.0 Å². The number of sulfone groups is 1. The minimum absolute atomic E-state index is 0.0466. The Hall–Kier alpha value is -2.09. The van der Waals surface area contributed by atoms with E-state index in [1.165, 1.54) is 13.4 Å². The molecular weight excluding hydrogens is 356 g/mol. The molecule has 26 heavy (non-hydrogen) atoms. The molecule has 8 heteroatoms. The number of rotatable bonds is 5. The second-order valence-electron chi connectivity index (χ2n) is 7.02. The number of benzene rings is 1. The summed E-state index contributed by atoms with van der Waals surface area (Å²) >= 11 is 0. The van der Waals surface area contributed by atoms with Crippen molar-refractivity contribution < 1.29 is 22.7 Å².